The molecule has 1 fully saturated rings. The number of sulfonamides is 1. The third-order valence-electron chi connectivity index (χ3n) is 7.65. The van der Waals surface area contributed by atoms with Gasteiger partial charge in [0.15, 0.2) is 0 Å². The van der Waals surface area contributed by atoms with Crippen molar-refractivity contribution in [1.82, 2.24) is 20.3 Å². The maximum atomic E-state index is 13.6. The van der Waals surface area contributed by atoms with E-state index in [-0.39, 0.29) is 22.6 Å². The minimum Gasteiger partial charge on any atom is -0.447 e. The lowest BCUT2D eigenvalue weighted by atomic mass is 9.78. The quantitative estimate of drug-likeness (QED) is 0.159. The highest BCUT2D eigenvalue weighted by Gasteiger charge is 2.34. The Bertz CT molecular complexity index is 1580. The van der Waals surface area contributed by atoms with Crippen LogP contribution in [0.5, 0.6) is 0 Å². The molecule has 1 aromatic heterocycles. The molecular weight excluding hydrogens is 623 g/mol. The van der Waals surface area contributed by atoms with Crippen LogP contribution in [0.15, 0.2) is 59.6 Å². The fraction of sp³-hybridized carbons (Fsp3) is 0.500. The molecule has 1 saturated carbocycles. The summed E-state index contributed by atoms with van der Waals surface area (Å²) in [7, 11) is -3.96. The van der Waals surface area contributed by atoms with E-state index in [4.69, 9.17) is 4.74 Å². The first-order valence-electron chi connectivity index (χ1n) is 15.9. The van der Waals surface area contributed by atoms with Crippen LogP contribution in [0.1, 0.15) is 90.1 Å². The number of hydrogen-bond donors (Lipinski definition) is 4. The third-order valence-corrected chi connectivity index (χ3v) is 10.5. The van der Waals surface area contributed by atoms with Crippen LogP contribution < -0.4 is 20.7 Å². The van der Waals surface area contributed by atoms with Crippen molar-refractivity contribution in [3.63, 3.8) is 0 Å². The summed E-state index contributed by atoms with van der Waals surface area (Å²) < 4.78 is 35.4. The number of ether oxygens (including phenoxy) is 1. The summed E-state index contributed by atoms with van der Waals surface area (Å²) in [5.41, 5.74) is 0.828. The molecule has 0 atom stereocenters. The number of hydrogen-bond acceptors (Lipinski definition) is 7. The predicted molar refractivity (Wildman–Crippen MR) is 183 cm³/mol. The zero-order valence-corrected chi connectivity index (χ0v) is 29.1. The van der Waals surface area contributed by atoms with Crippen LogP contribution in [-0.2, 0) is 27.7 Å². The van der Waals surface area contributed by atoms with Gasteiger partial charge in [0.25, 0.3) is 0 Å². The number of nitrogens with one attached hydrogen (secondary N) is 4. The molecule has 12 heteroatoms. The lowest BCUT2D eigenvalue weighted by Crippen LogP contribution is -2.50. The van der Waals surface area contributed by atoms with Gasteiger partial charge in [0.2, 0.25) is 10.0 Å². The summed E-state index contributed by atoms with van der Waals surface area (Å²) in [4.78, 5) is 30.5. The van der Waals surface area contributed by atoms with Crippen LogP contribution in [0.3, 0.4) is 0 Å². The van der Waals surface area contributed by atoms with Gasteiger partial charge in [-0.15, -0.1) is 11.3 Å². The molecule has 4 N–H and O–H groups in total. The maximum Gasteiger partial charge on any atom is 0.407 e. The Morgan fingerprint density at radius 1 is 1.04 bits per heavy atom. The molecule has 3 aromatic rings. The first kappa shape index (κ1) is 35.4. The molecule has 250 valence electrons. The number of nitrogens with zero attached hydrogens (tertiary/aromatic N) is 1. The van der Waals surface area contributed by atoms with Crippen LogP contribution in [0.2, 0.25) is 0 Å². The first-order chi connectivity index (χ1) is 21.7. The normalized spacial score (nSPS) is 14.9. The van der Waals surface area contributed by atoms with Crippen molar-refractivity contribution in [1.29, 1.82) is 0 Å². The number of thiazole rings is 1. The number of benzene rings is 2. The Labute approximate surface area is 277 Å². The number of aromatic nitrogens is 1. The fourth-order valence-electron chi connectivity index (χ4n) is 5.69. The zero-order chi connectivity index (χ0) is 33.4. The number of anilines is 1. The van der Waals surface area contributed by atoms with Crippen molar-refractivity contribution in [2.75, 3.05) is 5.32 Å². The number of urea groups is 1. The Kier molecular flexibility index (Phi) is 11.8. The minimum atomic E-state index is -3.96. The van der Waals surface area contributed by atoms with E-state index in [1.54, 1.807) is 39.1 Å². The zero-order valence-electron chi connectivity index (χ0n) is 27.4. The number of rotatable bonds is 12. The number of aryl methyl sites for hydroxylation is 1. The van der Waals surface area contributed by atoms with E-state index < -0.39 is 21.6 Å². The highest BCUT2D eigenvalue weighted by molar-refractivity contribution is 7.89. The highest BCUT2D eigenvalue weighted by Crippen LogP contribution is 2.36. The van der Waals surface area contributed by atoms with Crippen LogP contribution in [-0.4, -0.2) is 42.7 Å². The topological polar surface area (TPSA) is 139 Å². The van der Waals surface area contributed by atoms with E-state index in [1.807, 2.05) is 44.2 Å². The van der Waals surface area contributed by atoms with Crippen molar-refractivity contribution in [2.45, 2.75) is 115 Å². The van der Waals surface area contributed by atoms with Crippen molar-refractivity contribution >= 4 is 39.2 Å². The van der Waals surface area contributed by atoms with Gasteiger partial charge in [0, 0.05) is 35.1 Å². The first-order valence-corrected chi connectivity index (χ1v) is 18.2. The molecule has 1 heterocycles. The lowest BCUT2D eigenvalue weighted by molar-refractivity contribution is 0.0950. The second-order valence-corrected chi connectivity index (χ2v) is 16.0. The molecule has 4 rings (SSSR count). The monoisotopic (exact) mass is 669 g/mol. The Hall–Kier alpha value is -3.48. The summed E-state index contributed by atoms with van der Waals surface area (Å²) in [6.07, 6.45) is 8.68. The summed E-state index contributed by atoms with van der Waals surface area (Å²) in [5, 5.41) is 9.63. The molecule has 2 aromatic carbocycles. The molecule has 46 heavy (non-hydrogen) atoms. The average molecular weight is 670 g/mol. The van der Waals surface area contributed by atoms with Crippen molar-refractivity contribution in [3.8, 4) is 10.4 Å². The second-order valence-electron chi connectivity index (χ2n) is 13.3. The van der Waals surface area contributed by atoms with E-state index in [0.29, 0.717) is 24.2 Å². The van der Waals surface area contributed by atoms with Crippen molar-refractivity contribution < 1.29 is 22.7 Å². The van der Waals surface area contributed by atoms with Gasteiger partial charge < -0.3 is 20.7 Å². The standard InChI is InChI=1S/C34H47N5O5S2/c1-24(2)44-32(41)38-34(18-10-7-11-19-34)20-12-15-30-35-23-28(45-30)27-17-16-26(21-29(27)46(42,43)39-33(3,4)5)37-31(40)36-22-25-13-8-6-9-14-25/h6,8-9,13-14,16-17,21,23-24,39H,7,10-12,15,18-20,22H2,1-5H3,(H,38,41)(H2,36,37,40). The Balaban J connectivity index is 1.49. The molecule has 0 saturated heterocycles. The molecule has 3 amide bonds. The van der Waals surface area contributed by atoms with E-state index in [9.17, 15) is 18.0 Å². The van der Waals surface area contributed by atoms with Gasteiger partial charge in [-0.2, -0.15) is 0 Å². The lowest BCUT2D eigenvalue weighted by Gasteiger charge is -2.38. The number of carbonyl (C=O) groups is 2. The molecular formula is C34H47N5O5S2. The molecule has 0 spiro atoms. The number of alkyl carbamates (subject to hydrolysis) is 1. The summed E-state index contributed by atoms with van der Waals surface area (Å²) in [6.45, 7) is 9.37. The van der Waals surface area contributed by atoms with Gasteiger partial charge >= 0.3 is 12.1 Å². The van der Waals surface area contributed by atoms with E-state index in [1.165, 1.54) is 23.8 Å². The van der Waals surface area contributed by atoms with E-state index >= 15 is 0 Å². The average Bonchev–Trinajstić information content (AvgIpc) is 3.44. The smallest absolute Gasteiger partial charge is 0.407 e. The molecule has 0 unspecified atom stereocenters. The Morgan fingerprint density at radius 2 is 1.76 bits per heavy atom. The van der Waals surface area contributed by atoms with Gasteiger partial charge in [-0.05, 0) is 84.4 Å². The predicted octanol–water partition coefficient (Wildman–Crippen LogP) is 7.37. The summed E-state index contributed by atoms with van der Waals surface area (Å²) >= 11 is 1.45. The highest BCUT2D eigenvalue weighted by atomic mass is 32.2. The third kappa shape index (κ3) is 10.5. The molecule has 1 aliphatic rings. The van der Waals surface area contributed by atoms with E-state index in [0.717, 1.165) is 54.0 Å². The molecule has 0 radical (unpaired) electrons. The largest absolute Gasteiger partial charge is 0.447 e. The Morgan fingerprint density at radius 3 is 2.43 bits per heavy atom. The molecule has 1 aliphatic carbocycles. The van der Waals surface area contributed by atoms with Crippen LogP contribution in [0.4, 0.5) is 15.3 Å². The number of carbonyl (C=O) groups excluding carboxylic acids is 2. The SMILES string of the molecule is CC(C)OC(=O)NC1(CCCc2ncc(-c3ccc(NC(=O)NCc4ccccc4)cc3S(=O)(=O)NC(C)(C)C)s2)CCCCC1. The summed E-state index contributed by atoms with van der Waals surface area (Å²) in [5.74, 6) is 0. The van der Waals surface area contributed by atoms with Crippen LogP contribution in [0.25, 0.3) is 10.4 Å². The minimum absolute atomic E-state index is 0.0625. The van der Waals surface area contributed by atoms with E-state index in [2.05, 4.69) is 25.7 Å². The van der Waals surface area contributed by atoms with Crippen LogP contribution >= 0.6 is 11.3 Å². The maximum absolute atomic E-state index is 13.6. The van der Waals surface area contributed by atoms with Crippen molar-refractivity contribution in [2.24, 2.45) is 0 Å². The molecule has 10 nitrogen and oxygen atoms in total. The van der Waals surface area contributed by atoms with Gasteiger partial charge in [-0.25, -0.2) is 27.7 Å². The number of amides is 3. The fourth-order valence-corrected chi connectivity index (χ4v) is 8.42. The van der Waals surface area contributed by atoms with Gasteiger partial charge in [0.05, 0.1) is 20.9 Å². The molecule has 0 bridgehead atoms. The second kappa shape index (κ2) is 15.4. The van der Waals surface area contributed by atoms with Gasteiger partial charge in [0.1, 0.15) is 0 Å². The van der Waals surface area contributed by atoms with Gasteiger partial charge in [-0.1, -0.05) is 55.7 Å². The molecule has 0 aliphatic heterocycles. The van der Waals surface area contributed by atoms with Crippen molar-refractivity contribution in [3.05, 3.63) is 65.3 Å². The van der Waals surface area contributed by atoms with Gasteiger partial charge in [-0.3, -0.25) is 0 Å². The van der Waals surface area contributed by atoms with Crippen LogP contribution in [0, 0.1) is 0 Å². The summed E-state index contributed by atoms with van der Waals surface area (Å²) in [6, 6.07) is 14.0.